The number of rotatable bonds is 5. The minimum atomic E-state index is 0.497. The minimum Gasteiger partial charge on any atom is -0.378 e. The molecular weight excluding hydrogens is 268 g/mol. The molecule has 0 aromatic carbocycles. The number of nitrogen functional groups attached to an aromatic ring is 1. The standard InChI is InChI=1S/C11H16N4OS2/c1-15(2)4-9-13-7(5-16-3)10(18-9)8-6-17-11(12)14-8/h6H,4-5H2,1-3H3,(H2,12,14). The molecule has 0 bridgehead atoms. The van der Waals surface area contributed by atoms with Gasteiger partial charge in [0, 0.05) is 19.0 Å². The average Bonchev–Trinajstić information content (AvgIpc) is 2.85. The van der Waals surface area contributed by atoms with Crippen LogP contribution in [0.15, 0.2) is 5.38 Å². The Morgan fingerprint density at radius 1 is 1.39 bits per heavy atom. The van der Waals surface area contributed by atoms with E-state index in [9.17, 15) is 0 Å². The van der Waals surface area contributed by atoms with E-state index in [1.807, 2.05) is 19.5 Å². The molecule has 0 fully saturated rings. The van der Waals surface area contributed by atoms with Crippen molar-refractivity contribution in [3.8, 4) is 10.6 Å². The molecule has 2 rings (SSSR count). The van der Waals surface area contributed by atoms with E-state index in [0.29, 0.717) is 11.7 Å². The molecule has 98 valence electrons. The SMILES string of the molecule is COCc1nc(CN(C)C)sc1-c1csc(N)n1. The van der Waals surface area contributed by atoms with Gasteiger partial charge in [0.2, 0.25) is 0 Å². The van der Waals surface area contributed by atoms with E-state index in [1.54, 1.807) is 18.4 Å². The second kappa shape index (κ2) is 5.75. The molecule has 18 heavy (non-hydrogen) atoms. The lowest BCUT2D eigenvalue weighted by atomic mass is 10.3. The Labute approximate surface area is 114 Å². The zero-order chi connectivity index (χ0) is 13.1. The van der Waals surface area contributed by atoms with E-state index in [4.69, 9.17) is 10.5 Å². The van der Waals surface area contributed by atoms with Crippen molar-refractivity contribution >= 4 is 27.8 Å². The Morgan fingerprint density at radius 3 is 2.72 bits per heavy atom. The number of ether oxygens (including phenoxy) is 1. The molecule has 5 nitrogen and oxygen atoms in total. The Kier molecular flexibility index (Phi) is 4.28. The van der Waals surface area contributed by atoms with Crippen LogP contribution in [0, 0.1) is 0 Å². The van der Waals surface area contributed by atoms with Gasteiger partial charge in [-0.1, -0.05) is 0 Å². The number of aromatic nitrogens is 2. The predicted molar refractivity (Wildman–Crippen MR) is 75.7 cm³/mol. The number of hydrogen-bond donors (Lipinski definition) is 1. The van der Waals surface area contributed by atoms with Gasteiger partial charge in [-0.2, -0.15) is 0 Å². The van der Waals surface area contributed by atoms with Crippen LogP contribution >= 0.6 is 22.7 Å². The molecule has 2 heterocycles. The van der Waals surface area contributed by atoms with Gasteiger partial charge >= 0.3 is 0 Å². The lowest BCUT2D eigenvalue weighted by Crippen LogP contribution is -2.10. The largest absolute Gasteiger partial charge is 0.378 e. The molecule has 7 heteroatoms. The molecule has 0 spiro atoms. The third-order valence-corrected chi connectivity index (χ3v) is 4.01. The van der Waals surface area contributed by atoms with Crippen LogP contribution in [0.25, 0.3) is 10.6 Å². The molecule has 0 radical (unpaired) electrons. The summed E-state index contributed by atoms with van der Waals surface area (Å²) < 4.78 is 5.19. The first-order chi connectivity index (χ1) is 8.60. The zero-order valence-electron chi connectivity index (χ0n) is 10.6. The van der Waals surface area contributed by atoms with Gasteiger partial charge < -0.3 is 15.4 Å². The first kappa shape index (κ1) is 13.4. The van der Waals surface area contributed by atoms with Gasteiger partial charge in [0.15, 0.2) is 5.13 Å². The van der Waals surface area contributed by atoms with Crippen molar-refractivity contribution in [2.75, 3.05) is 26.9 Å². The second-order valence-electron chi connectivity index (χ2n) is 4.13. The van der Waals surface area contributed by atoms with E-state index in [-0.39, 0.29) is 0 Å². The second-order valence-corrected chi connectivity index (χ2v) is 6.10. The molecule has 2 aromatic rings. The number of nitrogens with two attached hydrogens (primary N) is 1. The van der Waals surface area contributed by atoms with Gasteiger partial charge in [0.25, 0.3) is 0 Å². The number of hydrogen-bond acceptors (Lipinski definition) is 7. The number of nitrogens with zero attached hydrogens (tertiary/aromatic N) is 3. The lowest BCUT2D eigenvalue weighted by molar-refractivity contribution is 0.182. The highest BCUT2D eigenvalue weighted by molar-refractivity contribution is 7.16. The van der Waals surface area contributed by atoms with Crippen LogP contribution in [-0.4, -0.2) is 36.1 Å². The maximum absolute atomic E-state index is 5.68. The maximum atomic E-state index is 5.68. The summed E-state index contributed by atoms with van der Waals surface area (Å²) in [5.74, 6) is 0. The van der Waals surface area contributed by atoms with E-state index in [0.717, 1.165) is 27.8 Å². The summed E-state index contributed by atoms with van der Waals surface area (Å²) in [6.07, 6.45) is 0. The Bertz CT molecular complexity index is 521. The summed E-state index contributed by atoms with van der Waals surface area (Å²) in [6.45, 7) is 1.32. The van der Waals surface area contributed by atoms with Crippen molar-refractivity contribution in [2.45, 2.75) is 13.2 Å². The van der Waals surface area contributed by atoms with Gasteiger partial charge in [-0.3, -0.25) is 0 Å². The van der Waals surface area contributed by atoms with Gasteiger partial charge in [-0.05, 0) is 14.1 Å². The smallest absolute Gasteiger partial charge is 0.180 e. The summed E-state index contributed by atoms with van der Waals surface area (Å²) in [5, 5.41) is 3.60. The molecule has 0 aliphatic rings. The quantitative estimate of drug-likeness (QED) is 0.910. The molecular formula is C11H16N4OS2. The van der Waals surface area contributed by atoms with Gasteiger partial charge in [0.1, 0.15) is 5.01 Å². The minimum absolute atomic E-state index is 0.497. The van der Waals surface area contributed by atoms with Crippen LogP contribution < -0.4 is 5.73 Å². The predicted octanol–water partition coefficient (Wildman–Crippen LogP) is 2.06. The van der Waals surface area contributed by atoms with Crippen molar-refractivity contribution < 1.29 is 4.74 Å². The maximum Gasteiger partial charge on any atom is 0.180 e. The summed E-state index contributed by atoms with van der Waals surface area (Å²) in [5.41, 5.74) is 7.51. The molecule has 0 saturated heterocycles. The molecule has 0 saturated carbocycles. The van der Waals surface area contributed by atoms with Crippen LogP contribution in [0.1, 0.15) is 10.7 Å². The highest BCUT2D eigenvalue weighted by Crippen LogP contribution is 2.32. The van der Waals surface area contributed by atoms with E-state index >= 15 is 0 Å². The van der Waals surface area contributed by atoms with Crippen molar-refractivity contribution in [3.63, 3.8) is 0 Å². The van der Waals surface area contributed by atoms with E-state index in [2.05, 4.69) is 14.9 Å². The van der Waals surface area contributed by atoms with Gasteiger partial charge in [-0.25, -0.2) is 9.97 Å². The van der Waals surface area contributed by atoms with Crippen molar-refractivity contribution in [1.29, 1.82) is 0 Å². The van der Waals surface area contributed by atoms with Gasteiger partial charge in [-0.15, -0.1) is 22.7 Å². The molecule has 0 aliphatic carbocycles. The highest BCUT2D eigenvalue weighted by Gasteiger charge is 2.15. The number of anilines is 1. The van der Waals surface area contributed by atoms with Crippen LogP contribution in [0.4, 0.5) is 5.13 Å². The number of methoxy groups -OCH3 is 1. The molecule has 0 atom stereocenters. The first-order valence-electron chi connectivity index (χ1n) is 5.43. The zero-order valence-corrected chi connectivity index (χ0v) is 12.3. The van der Waals surface area contributed by atoms with Crippen LogP contribution in [0.3, 0.4) is 0 Å². The fourth-order valence-electron chi connectivity index (χ4n) is 1.57. The van der Waals surface area contributed by atoms with Crippen LogP contribution in [0.5, 0.6) is 0 Å². The summed E-state index contributed by atoms with van der Waals surface area (Å²) in [6, 6.07) is 0. The average molecular weight is 284 g/mol. The number of thiazole rings is 2. The van der Waals surface area contributed by atoms with Crippen LogP contribution in [0.2, 0.25) is 0 Å². The topological polar surface area (TPSA) is 64.3 Å². The van der Waals surface area contributed by atoms with Gasteiger partial charge in [0.05, 0.1) is 22.9 Å². The molecule has 0 unspecified atom stereocenters. The third-order valence-electron chi connectivity index (χ3n) is 2.23. The fraction of sp³-hybridized carbons (Fsp3) is 0.455. The van der Waals surface area contributed by atoms with E-state index < -0.39 is 0 Å². The molecule has 0 aliphatic heterocycles. The molecule has 0 amide bonds. The van der Waals surface area contributed by atoms with Crippen LogP contribution in [-0.2, 0) is 17.9 Å². The normalized spacial score (nSPS) is 11.3. The summed E-state index contributed by atoms with van der Waals surface area (Å²) in [7, 11) is 5.72. The first-order valence-corrected chi connectivity index (χ1v) is 7.13. The Hall–Kier alpha value is -1.02. The Morgan fingerprint density at radius 2 is 2.17 bits per heavy atom. The fourth-order valence-corrected chi connectivity index (χ4v) is 3.34. The summed E-state index contributed by atoms with van der Waals surface area (Å²) in [4.78, 5) is 12.1. The van der Waals surface area contributed by atoms with E-state index in [1.165, 1.54) is 11.3 Å². The molecule has 2 N–H and O–H groups in total. The highest BCUT2D eigenvalue weighted by atomic mass is 32.1. The summed E-state index contributed by atoms with van der Waals surface area (Å²) >= 11 is 3.09. The van der Waals surface area contributed by atoms with Crippen molar-refractivity contribution in [1.82, 2.24) is 14.9 Å². The van der Waals surface area contributed by atoms with Crippen molar-refractivity contribution in [2.24, 2.45) is 0 Å². The lowest BCUT2D eigenvalue weighted by Gasteiger charge is -2.04. The third kappa shape index (κ3) is 3.05. The monoisotopic (exact) mass is 284 g/mol. The van der Waals surface area contributed by atoms with Crippen molar-refractivity contribution in [3.05, 3.63) is 16.1 Å². The molecule has 2 aromatic heterocycles. The Balaban J connectivity index is 2.34.